The summed E-state index contributed by atoms with van der Waals surface area (Å²) in [6.07, 6.45) is 0.545. The lowest BCUT2D eigenvalue weighted by Gasteiger charge is -2.35. The van der Waals surface area contributed by atoms with Gasteiger partial charge in [-0.05, 0) is 23.8 Å². The molecule has 2 aliphatic heterocycles. The van der Waals surface area contributed by atoms with Crippen LogP contribution in [0.2, 0.25) is 5.02 Å². The maximum absolute atomic E-state index is 13.7. The zero-order valence-corrected chi connectivity index (χ0v) is 22.6. The average Bonchev–Trinajstić information content (AvgIpc) is 3.40. The van der Waals surface area contributed by atoms with Gasteiger partial charge in [-0.15, -0.1) is 0 Å². The van der Waals surface area contributed by atoms with Crippen molar-refractivity contribution < 1.29 is 14.3 Å². The number of amides is 1. The summed E-state index contributed by atoms with van der Waals surface area (Å²) in [6, 6.07) is 23.5. The Morgan fingerprint density at radius 2 is 1.63 bits per heavy atom. The van der Waals surface area contributed by atoms with Crippen LogP contribution in [-0.2, 0) is 11.3 Å². The van der Waals surface area contributed by atoms with Crippen LogP contribution in [0.4, 0.5) is 0 Å². The van der Waals surface area contributed by atoms with E-state index >= 15 is 0 Å². The third-order valence-corrected chi connectivity index (χ3v) is 7.55. The second-order valence-electron chi connectivity index (χ2n) is 9.63. The highest BCUT2D eigenvalue weighted by atomic mass is 35.5. The summed E-state index contributed by atoms with van der Waals surface area (Å²) < 4.78 is 11.1. The number of nitrogens with zero attached hydrogens (tertiary/aromatic N) is 4. The minimum atomic E-state index is -0.297. The monoisotopic (exact) mass is 532 g/mol. The Bertz CT molecular complexity index is 1290. The molecule has 1 amide bonds. The van der Waals surface area contributed by atoms with Gasteiger partial charge in [0.25, 0.3) is 5.91 Å². The number of hydrogen-bond donors (Lipinski definition) is 0. The van der Waals surface area contributed by atoms with Gasteiger partial charge in [-0.3, -0.25) is 14.6 Å². The van der Waals surface area contributed by atoms with Crippen LogP contribution in [0.3, 0.4) is 0 Å². The Labute approximate surface area is 229 Å². The molecule has 2 heterocycles. The van der Waals surface area contributed by atoms with Crippen molar-refractivity contribution >= 4 is 23.2 Å². The molecule has 0 aromatic heterocycles. The molecule has 3 aromatic carbocycles. The molecule has 0 aliphatic carbocycles. The highest BCUT2D eigenvalue weighted by Gasteiger charge is 2.36. The third-order valence-electron chi connectivity index (χ3n) is 7.22. The van der Waals surface area contributed by atoms with Crippen LogP contribution in [-0.4, -0.2) is 73.4 Å². The number of ether oxygens (including phenoxy) is 2. The van der Waals surface area contributed by atoms with E-state index in [4.69, 9.17) is 26.2 Å². The summed E-state index contributed by atoms with van der Waals surface area (Å²) in [4.78, 5) is 18.4. The fourth-order valence-corrected chi connectivity index (χ4v) is 5.39. The first-order valence-electron chi connectivity index (χ1n) is 12.9. The number of piperazine rings is 1. The topological polar surface area (TPSA) is 57.6 Å². The van der Waals surface area contributed by atoms with Crippen molar-refractivity contribution in [3.05, 3.63) is 94.5 Å². The lowest BCUT2D eigenvalue weighted by Crippen LogP contribution is -2.49. The highest BCUT2D eigenvalue weighted by Crippen LogP contribution is 2.40. The summed E-state index contributed by atoms with van der Waals surface area (Å²) in [5, 5.41) is 7.07. The summed E-state index contributed by atoms with van der Waals surface area (Å²) >= 11 is 6.51. The van der Waals surface area contributed by atoms with Gasteiger partial charge in [0.2, 0.25) is 0 Å². The predicted molar refractivity (Wildman–Crippen MR) is 150 cm³/mol. The van der Waals surface area contributed by atoms with E-state index in [0.29, 0.717) is 29.5 Å². The molecule has 1 saturated heterocycles. The fourth-order valence-electron chi connectivity index (χ4n) is 5.15. The minimum Gasteiger partial charge on any atom is -0.497 e. The van der Waals surface area contributed by atoms with E-state index in [9.17, 15) is 4.79 Å². The van der Waals surface area contributed by atoms with Crippen LogP contribution < -0.4 is 9.47 Å². The molecule has 8 heteroatoms. The van der Waals surface area contributed by atoms with Crippen LogP contribution in [0, 0.1) is 0 Å². The van der Waals surface area contributed by atoms with Gasteiger partial charge in [-0.1, -0.05) is 60.1 Å². The minimum absolute atomic E-state index is 0.0357. The number of rotatable bonds is 8. The molecular formula is C30H33ClN4O3. The van der Waals surface area contributed by atoms with Crippen molar-refractivity contribution in [2.75, 3.05) is 46.9 Å². The zero-order chi connectivity index (χ0) is 26.5. The predicted octanol–water partition coefficient (Wildman–Crippen LogP) is 4.85. The second-order valence-corrected chi connectivity index (χ2v) is 10.0. The van der Waals surface area contributed by atoms with Gasteiger partial charge in [-0.2, -0.15) is 5.10 Å². The molecule has 3 aromatic rings. The van der Waals surface area contributed by atoms with E-state index in [1.165, 1.54) is 5.56 Å². The number of benzene rings is 3. The Kier molecular flexibility index (Phi) is 8.27. The summed E-state index contributed by atoms with van der Waals surface area (Å²) in [6.45, 7) is 4.76. The lowest BCUT2D eigenvalue weighted by atomic mass is 9.97. The Balaban J connectivity index is 1.33. The number of methoxy groups -OCH3 is 2. The van der Waals surface area contributed by atoms with Crippen molar-refractivity contribution in [3.8, 4) is 11.5 Å². The first-order valence-corrected chi connectivity index (χ1v) is 13.3. The lowest BCUT2D eigenvalue weighted by molar-refractivity contribution is -0.134. The van der Waals surface area contributed by atoms with Crippen molar-refractivity contribution in [3.63, 3.8) is 0 Å². The molecule has 0 radical (unpaired) electrons. The summed E-state index contributed by atoms with van der Waals surface area (Å²) in [7, 11) is 3.25. The van der Waals surface area contributed by atoms with E-state index in [0.717, 1.165) is 49.6 Å². The number of carbonyl (C=O) groups is 1. The maximum Gasteiger partial charge on any atom is 0.257 e. The van der Waals surface area contributed by atoms with Crippen molar-refractivity contribution in [1.29, 1.82) is 0 Å². The Morgan fingerprint density at radius 3 is 2.34 bits per heavy atom. The highest BCUT2D eigenvalue weighted by molar-refractivity contribution is 6.34. The van der Waals surface area contributed by atoms with Crippen LogP contribution in [0.5, 0.6) is 11.5 Å². The molecule has 0 N–H and O–H groups in total. The van der Waals surface area contributed by atoms with Gasteiger partial charge < -0.3 is 9.47 Å². The third kappa shape index (κ3) is 5.85. The molecular weight excluding hydrogens is 500 g/mol. The first kappa shape index (κ1) is 26.2. The second kappa shape index (κ2) is 12.0. The number of hydrazone groups is 1. The molecule has 0 saturated carbocycles. The molecule has 1 atom stereocenters. The smallest absolute Gasteiger partial charge is 0.257 e. The van der Waals surface area contributed by atoms with Gasteiger partial charge in [0.15, 0.2) is 0 Å². The molecule has 0 bridgehead atoms. The number of carbonyl (C=O) groups excluding carboxylic acids is 1. The zero-order valence-electron chi connectivity index (χ0n) is 21.8. The number of hydrogen-bond acceptors (Lipinski definition) is 6. The molecule has 5 rings (SSSR count). The Hall–Kier alpha value is -3.39. The van der Waals surface area contributed by atoms with Gasteiger partial charge in [0.1, 0.15) is 11.5 Å². The van der Waals surface area contributed by atoms with Crippen molar-refractivity contribution in [2.24, 2.45) is 5.10 Å². The van der Waals surface area contributed by atoms with E-state index in [-0.39, 0.29) is 11.9 Å². The first-order chi connectivity index (χ1) is 18.6. The van der Waals surface area contributed by atoms with E-state index in [2.05, 4.69) is 34.1 Å². The van der Waals surface area contributed by atoms with Gasteiger partial charge in [0, 0.05) is 61.4 Å². The van der Waals surface area contributed by atoms with Crippen LogP contribution in [0.1, 0.15) is 29.2 Å². The molecule has 38 heavy (non-hydrogen) atoms. The average molecular weight is 533 g/mol. The fraction of sp³-hybridized carbons (Fsp3) is 0.333. The van der Waals surface area contributed by atoms with E-state index in [1.807, 2.05) is 48.5 Å². The maximum atomic E-state index is 13.7. The normalized spacial score (nSPS) is 18.3. The van der Waals surface area contributed by atoms with Gasteiger partial charge in [0.05, 0.1) is 32.5 Å². The van der Waals surface area contributed by atoms with Crippen LogP contribution in [0.25, 0.3) is 0 Å². The molecule has 1 unspecified atom stereocenters. The summed E-state index contributed by atoms with van der Waals surface area (Å²) in [5.74, 6) is 1.32. The van der Waals surface area contributed by atoms with E-state index in [1.54, 1.807) is 19.2 Å². The summed E-state index contributed by atoms with van der Waals surface area (Å²) in [5.41, 5.74) is 3.84. The van der Waals surface area contributed by atoms with Gasteiger partial charge in [-0.25, -0.2) is 5.01 Å². The largest absolute Gasteiger partial charge is 0.497 e. The van der Waals surface area contributed by atoms with Crippen LogP contribution >= 0.6 is 11.6 Å². The van der Waals surface area contributed by atoms with Gasteiger partial charge >= 0.3 is 0 Å². The molecule has 1 fully saturated rings. The number of halogens is 1. The van der Waals surface area contributed by atoms with Crippen molar-refractivity contribution in [2.45, 2.75) is 19.0 Å². The Morgan fingerprint density at radius 1 is 0.921 bits per heavy atom. The molecule has 0 spiro atoms. The SMILES string of the molecule is COc1ccc(C2CC(c3ccccc3Cl)=NN2C(=O)CN2CCN(Cc3ccccc3)CC2)c(OC)c1. The van der Waals surface area contributed by atoms with Crippen LogP contribution in [0.15, 0.2) is 77.9 Å². The molecule has 198 valence electrons. The van der Waals surface area contributed by atoms with E-state index < -0.39 is 0 Å². The molecule has 7 nitrogen and oxygen atoms in total. The quantitative estimate of drug-likeness (QED) is 0.415. The standard InChI is InChI=1S/C30H33ClN4O3/c1-37-23-12-13-25(29(18-23)38-2)28-19-27(24-10-6-7-11-26(24)31)32-35(28)30(36)21-34-16-14-33(15-17-34)20-22-8-4-3-5-9-22/h3-13,18,28H,14-17,19-21H2,1-2H3. The van der Waals surface area contributed by atoms with Crippen molar-refractivity contribution in [1.82, 2.24) is 14.8 Å². The molecule has 2 aliphatic rings.